The molecule has 4 nitrogen and oxygen atoms in total. The standard InChI is InChI=1S/C23H27ClN2O2/c1-2-3-9-21(27)16-26(15-18-7-5-4-6-8-18)17-22-14-23(25-28-22)19-10-12-20(24)13-11-19/h2,4-8,10-13,21-22,27H,1,3,9,14-17H2/t21-,22-/m1/s1. The van der Waals surface area contributed by atoms with Crippen LogP contribution in [0.4, 0.5) is 0 Å². The topological polar surface area (TPSA) is 45.1 Å². The van der Waals surface area contributed by atoms with Gasteiger partial charge in [0.05, 0.1) is 11.8 Å². The van der Waals surface area contributed by atoms with Crippen LogP contribution in [-0.2, 0) is 11.4 Å². The lowest BCUT2D eigenvalue weighted by Gasteiger charge is -2.27. The Morgan fingerprint density at radius 1 is 1.21 bits per heavy atom. The molecular weight excluding hydrogens is 372 g/mol. The van der Waals surface area contributed by atoms with Gasteiger partial charge in [-0.1, -0.05) is 65.3 Å². The number of rotatable bonds is 10. The minimum Gasteiger partial charge on any atom is -0.392 e. The molecule has 0 amide bonds. The number of oxime groups is 1. The van der Waals surface area contributed by atoms with E-state index in [2.05, 4.69) is 28.8 Å². The molecular formula is C23H27ClN2O2. The van der Waals surface area contributed by atoms with Crippen molar-refractivity contribution in [2.45, 2.75) is 38.0 Å². The summed E-state index contributed by atoms with van der Waals surface area (Å²) in [5.74, 6) is 0. The summed E-state index contributed by atoms with van der Waals surface area (Å²) in [6.45, 7) is 5.81. The minimum absolute atomic E-state index is 0.0269. The second kappa shape index (κ2) is 10.4. The van der Waals surface area contributed by atoms with Gasteiger partial charge in [0.15, 0.2) is 0 Å². The third kappa shape index (κ3) is 6.20. The average molecular weight is 399 g/mol. The van der Waals surface area contributed by atoms with Gasteiger partial charge < -0.3 is 9.94 Å². The number of hydrogen-bond acceptors (Lipinski definition) is 4. The van der Waals surface area contributed by atoms with E-state index in [0.717, 1.165) is 30.7 Å². The van der Waals surface area contributed by atoms with Crippen molar-refractivity contribution < 1.29 is 9.94 Å². The molecule has 5 heteroatoms. The highest BCUT2D eigenvalue weighted by Crippen LogP contribution is 2.20. The first-order valence-electron chi connectivity index (χ1n) is 9.68. The summed E-state index contributed by atoms with van der Waals surface area (Å²) in [5, 5.41) is 15.4. The van der Waals surface area contributed by atoms with Crippen molar-refractivity contribution in [3.05, 3.63) is 83.4 Å². The lowest BCUT2D eigenvalue weighted by molar-refractivity contribution is 0.0308. The number of allylic oxidation sites excluding steroid dienone is 1. The second-order valence-electron chi connectivity index (χ2n) is 7.18. The van der Waals surface area contributed by atoms with Gasteiger partial charge in [-0.2, -0.15) is 0 Å². The Morgan fingerprint density at radius 3 is 2.68 bits per heavy atom. The zero-order valence-corrected chi connectivity index (χ0v) is 16.8. The second-order valence-corrected chi connectivity index (χ2v) is 7.61. The molecule has 0 aliphatic carbocycles. The van der Waals surface area contributed by atoms with Crippen molar-refractivity contribution in [2.24, 2.45) is 5.16 Å². The quantitative estimate of drug-likeness (QED) is 0.592. The molecule has 3 rings (SSSR count). The third-order valence-corrected chi connectivity index (χ3v) is 5.05. The smallest absolute Gasteiger partial charge is 0.145 e. The van der Waals surface area contributed by atoms with Crippen LogP contribution in [0.1, 0.15) is 30.4 Å². The first kappa shape index (κ1) is 20.6. The van der Waals surface area contributed by atoms with E-state index < -0.39 is 0 Å². The summed E-state index contributed by atoms with van der Waals surface area (Å²) in [7, 11) is 0. The maximum atomic E-state index is 10.4. The highest BCUT2D eigenvalue weighted by Gasteiger charge is 2.25. The zero-order chi connectivity index (χ0) is 19.8. The highest BCUT2D eigenvalue weighted by atomic mass is 35.5. The van der Waals surface area contributed by atoms with Crippen LogP contribution < -0.4 is 0 Å². The molecule has 148 valence electrons. The Kier molecular flexibility index (Phi) is 7.66. The molecule has 0 saturated heterocycles. The van der Waals surface area contributed by atoms with Gasteiger partial charge >= 0.3 is 0 Å². The number of halogens is 1. The minimum atomic E-state index is -0.389. The maximum Gasteiger partial charge on any atom is 0.145 e. The van der Waals surface area contributed by atoms with E-state index in [1.807, 2.05) is 48.5 Å². The van der Waals surface area contributed by atoms with Crippen LogP contribution in [0.3, 0.4) is 0 Å². The Balaban J connectivity index is 1.60. The zero-order valence-electron chi connectivity index (χ0n) is 16.0. The van der Waals surface area contributed by atoms with Gasteiger partial charge in [-0.25, -0.2) is 0 Å². The van der Waals surface area contributed by atoms with Gasteiger partial charge in [-0.3, -0.25) is 4.90 Å². The molecule has 0 aromatic heterocycles. The van der Waals surface area contributed by atoms with Crippen LogP contribution in [-0.4, -0.2) is 41.0 Å². The molecule has 1 aliphatic rings. The molecule has 2 aromatic rings. The number of aliphatic hydroxyl groups is 1. The molecule has 1 aliphatic heterocycles. The molecule has 0 spiro atoms. The first-order valence-corrected chi connectivity index (χ1v) is 10.1. The Labute approximate surface area is 172 Å². The van der Waals surface area contributed by atoms with E-state index in [-0.39, 0.29) is 12.2 Å². The van der Waals surface area contributed by atoms with E-state index in [1.54, 1.807) is 0 Å². The fraction of sp³-hybridized carbons (Fsp3) is 0.348. The van der Waals surface area contributed by atoms with Crippen molar-refractivity contribution in [3.8, 4) is 0 Å². The van der Waals surface area contributed by atoms with Crippen molar-refractivity contribution in [3.63, 3.8) is 0 Å². The molecule has 28 heavy (non-hydrogen) atoms. The van der Waals surface area contributed by atoms with E-state index >= 15 is 0 Å². The van der Waals surface area contributed by atoms with Crippen molar-refractivity contribution >= 4 is 17.3 Å². The van der Waals surface area contributed by atoms with E-state index in [1.165, 1.54) is 5.56 Å². The summed E-state index contributed by atoms with van der Waals surface area (Å²) < 4.78 is 0. The molecule has 0 radical (unpaired) electrons. The van der Waals surface area contributed by atoms with E-state index in [0.29, 0.717) is 24.5 Å². The van der Waals surface area contributed by atoms with Gasteiger partial charge in [0.25, 0.3) is 0 Å². The predicted molar refractivity (Wildman–Crippen MR) is 115 cm³/mol. The van der Waals surface area contributed by atoms with Crippen molar-refractivity contribution in [1.82, 2.24) is 4.90 Å². The van der Waals surface area contributed by atoms with Gasteiger partial charge in [-0.05, 0) is 36.1 Å². The Morgan fingerprint density at radius 2 is 1.96 bits per heavy atom. The SMILES string of the molecule is C=CCC[C@@H](O)CN(Cc1ccccc1)C[C@H]1CC(c2ccc(Cl)cc2)=NO1. The largest absolute Gasteiger partial charge is 0.392 e. The summed E-state index contributed by atoms with van der Waals surface area (Å²) in [6, 6.07) is 18.0. The molecule has 0 fully saturated rings. The average Bonchev–Trinajstić information content (AvgIpc) is 3.16. The number of aliphatic hydroxyl groups excluding tert-OH is 1. The molecule has 2 aromatic carbocycles. The number of hydrogen-bond donors (Lipinski definition) is 1. The summed E-state index contributed by atoms with van der Waals surface area (Å²) in [5.41, 5.74) is 3.19. The summed E-state index contributed by atoms with van der Waals surface area (Å²) >= 11 is 5.97. The van der Waals surface area contributed by atoms with Gasteiger partial charge in [0.2, 0.25) is 0 Å². The Hall–Kier alpha value is -2.14. The molecule has 0 saturated carbocycles. The molecule has 2 atom stereocenters. The maximum absolute atomic E-state index is 10.4. The van der Waals surface area contributed by atoms with Crippen LogP contribution in [0.15, 0.2) is 72.4 Å². The lowest BCUT2D eigenvalue weighted by atomic mass is 10.0. The van der Waals surface area contributed by atoms with Crippen LogP contribution >= 0.6 is 11.6 Å². The van der Waals surface area contributed by atoms with Crippen LogP contribution in [0, 0.1) is 0 Å². The molecule has 0 unspecified atom stereocenters. The van der Waals surface area contributed by atoms with Crippen molar-refractivity contribution in [2.75, 3.05) is 13.1 Å². The number of benzene rings is 2. The van der Waals surface area contributed by atoms with Gasteiger partial charge in [-0.15, -0.1) is 6.58 Å². The van der Waals surface area contributed by atoms with Crippen LogP contribution in [0.2, 0.25) is 5.02 Å². The monoisotopic (exact) mass is 398 g/mol. The van der Waals surface area contributed by atoms with E-state index in [9.17, 15) is 5.11 Å². The van der Waals surface area contributed by atoms with Crippen molar-refractivity contribution in [1.29, 1.82) is 0 Å². The fourth-order valence-corrected chi connectivity index (χ4v) is 3.50. The normalized spacial score (nSPS) is 17.2. The first-order chi connectivity index (χ1) is 13.6. The van der Waals surface area contributed by atoms with Crippen LogP contribution in [0.25, 0.3) is 0 Å². The molecule has 1 N–H and O–H groups in total. The van der Waals surface area contributed by atoms with Gasteiger partial charge in [0, 0.05) is 31.1 Å². The lowest BCUT2D eigenvalue weighted by Crippen LogP contribution is -2.37. The van der Waals surface area contributed by atoms with Gasteiger partial charge in [0.1, 0.15) is 6.10 Å². The summed E-state index contributed by atoms with van der Waals surface area (Å²) in [6.07, 6.45) is 3.70. The highest BCUT2D eigenvalue weighted by molar-refractivity contribution is 6.30. The van der Waals surface area contributed by atoms with E-state index in [4.69, 9.17) is 16.4 Å². The van der Waals surface area contributed by atoms with Crippen LogP contribution in [0.5, 0.6) is 0 Å². The third-order valence-electron chi connectivity index (χ3n) is 4.79. The number of nitrogens with zero attached hydrogens (tertiary/aromatic N) is 2. The Bertz CT molecular complexity index is 777. The predicted octanol–water partition coefficient (Wildman–Crippen LogP) is 4.66. The fourth-order valence-electron chi connectivity index (χ4n) is 3.37. The summed E-state index contributed by atoms with van der Waals surface area (Å²) in [4.78, 5) is 7.94. The molecule has 1 heterocycles. The molecule has 0 bridgehead atoms.